The number of imidazole rings is 1. The van der Waals surface area contributed by atoms with Crippen LogP contribution in [0.5, 0.6) is 0 Å². The minimum atomic E-state index is 0.772. The Labute approximate surface area is 100 Å². The van der Waals surface area contributed by atoms with Gasteiger partial charge in [0.1, 0.15) is 11.8 Å². The quantitative estimate of drug-likeness (QED) is 0.867. The Kier molecular flexibility index (Phi) is 3.00. The maximum Gasteiger partial charge on any atom is 0.180 e. The minimum absolute atomic E-state index is 0.772. The SMILES string of the molecule is c1nc(CCN2CCCCC2)c2[nH]cnc2n1. The standard InChI is InChI=1S/C12H17N5/c1-2-5-17(6-3-1)7-4-10-11-12(15-8-13-10)16-9-14-11/h8-9H,1-7H2,(H,13,14,15,16). The highest BCUT2D eigenvalue weighted by atomic mass is 15.1. The van der Waals surface area contributed by atoms with Crippen LogP contribution < -0.4 is 0 Å². The molecule has 5 heteroatoms. The van der Waals surface area contributed by atoms with Crippen molar-refractivity contribution >= 4 is 11.2 Å². The normalized spacial score (nSPS) is 17.6. The first kappa shape index (κ1) is 10.7. The first-order valence-electron chi connectivity index (χ1n) is 6.29. The highest BCUT2D eigenvalue weighted by molar-refractivity contribution is 5.71. The average Bonchev–Trinajstić information content (AvgIpc) is 2.86. The first-order chi connectivity index (χ1) is 8.43. The monoisotopic (exact) mass is 231 g/mol. The van der Waals surface area contributed by atoms with Crippen LogP contribution in [0.1, 0.15) is 25.0 Å². The molecule has 3 heterocycles. The molecule has 1 aliphatic rings. The van der Waals surface area contributed by atoms with E-state index in [1.165, 1.54) is 32.4 Å². The predicted octanol–water partition coefficient (Wildman–Crippen LogP) is 1.38. The van der Waals surface area contributed by atoms with Crippen LogP contribution in [0, 0.1) is 0 Å². The van der Waals surface area contributed by atoms with E-state index in [2.05, 4.69) is 24.8 Å². The van der Waals surface area contributed by atoms with E-state index in [1.807, 2.05) is 0 Å². The van der Waals surface area contributed by atoms with E-state index in [0.29, 0.717) is 0 Å². The van der Waals surface area contributed by atoms with Crippen molar-refractivity contribution in [1.82, 2.24) is 24.8 Å². The van der Waals surface area contributed by atoms with E-state index in [1.54, 1.807) is 12.7 Å². The molecule has 1 saturated heterocycles. The third-order valence-corrected chi connectivity index (χ3v) is 3.42. The zero-order chi connectivity index (χ0) is 11.5. The summed E-state index contributed by atoms with van der Waals surface area (Å²) in [5.74, 6) is 0. The Bertz CT molecular complexity index is 486. The van der Waals surface area contributed by atoms with Crippen LogP contribution in [0.25, 0.3) is 11.2 Å². The van der Waals surface area contributed by atoms with Gasteiger partial charge in [-0.3, -0.25) is 0 Å². The Morgan fingerprint density at radius 3 is 2.88 bits per heavy atom. The van der Waals surface area contributed by atoms with E-state index < -0.39 is 0 Å². The van der Waals surface area contributed by atoms with E-state index in [9.17, 15) is 0 Å². The molecule has 2 aromatic rings. The molecule has 0 atom stereocenters. The van der Waals surface area contributed by atoms with Gasteiger partial charge in [0.2, 0.25) is 0 Å². The molecule has 0 amide bonds. The number of aromatic amines is 1. The summed E-state index contributed by atoms with van der Waals surface area (Å²) in [5.41, 5.74) is 2.84. The zero-order valence-corrected chi connectivity index (χ0v) is 9.89. The summed E-state index contributed by atoms with van der Waals surface area (Å²) in [5, 5.41) is 0. The smallest absolute Gasteiger partial charge is 0.180 e. The van der Waals surface area contributed by atoms with Gasteiger partial charge in [0.05, 0.1) is 12.0 Å². The Balaban J connectivity index is 1.69. The fourth-order valence-electron chi connectivity index (χ4n) is 2.45. The molecular formula is C12H17N5. The van der Waals surface area contributed by atoms with E-state index in [-0.39, 0.29) is 0 Å². The average molecular weight is 231 g/mol. The molecule has 0 aromatic carbocycles. The number of nitrogens with one attached hydrogen (secondary N) is 1. The second-order valence-electron chi connectivity index (χ2n) is 4.57. The number of fused-ring (bicyclic) bond motifs is 1. The van der Waals surface area contributed by atoms with Crippen molar-refractivity contribution in [2.45, 2.75) is 25.7 Å². The highest BCUT2D eigenvalue weighted by Gasteiger charge is 2.11. The summed E-state index contributed by atoms with van der Waals surface area (Å²) in [6.07, 6.45) is 8.32. The van der Waals surface area contributed by atoms with Crippen LogP contribution >= 0.6 is 0 Å². The fraction of sp³-hybridized carbons (Fsp3) is 0.583. The highest BCUT2D eigenvalue weighted by Crippen LogP contribution is 2.12. The van der Waals surface area contributed by atoms with Crippen LogP contribution in [-0.4, -0.2) is 44.5 Å². The van der Waals surface area contributed by atoms with Crippen LogP contribution in [0.2, 0.25) is 0 Å². The molecule has 90 valence electrons. The van der Waals surface area contributed by atoms with E-state index in [4.69, 9.17) is 0 Å². The molecule has 0 aliphatic carbocycles. The predicted molar refractivity (Wildman–Crippen MR) is 65.7 cm³/mol. The van der Waals surface area contributed by atoms with Crippen LogP contribution in [0.4, 0.5) is 0 Å². The number of nitrogens with zero attached hydrogens (tertiary/aromatic N) is 4. The molecule has 5 nitrogen and oxygen atoms in total. The van der Waals surface area contributed by atoms with Crippen molar-refractivity contribution < 1.29 is 0 Å². The van der Waals surface area contributed by atoms with Crippen LogP contribution in [-0.2, 0) is 6.42 Å². The minimum Gasteiger partial charge on any atom is -0.342 e. The molecule has 17 heavy (non-hydrogen) atoms. The Hall–Kier alpha value is -1.49. The van der Waals surface area contributed by atoms with Gasteiger partial charge in [0.25, 0.3) is 0 Å². The molecule has 2 aromatic heterocycles. The van der Waals surface area contributed by atoms with Gasteiger partial charge in [-0.2, -0.15) is 0 Å². The van der Waals surface area contributed by atoms with Crippen molar-refractivity contribution in [1.29, 1.82) is 0 Å². The summed E-state index contributed by atoms with van der Waals surface area (Å²) in [4.78, 5) is 18.3. The van der Waals surface area contributed by atoms with Crippen LogP contribution in [0.15, 0.2) is 12.7 Å². The van der Waals surface area contributed by atoms with Crippen molar-refractivity contribution in [2.24, 2.45) is 0 Å². The molecule has 0 bridgehead atoms. The number of piperidine rings is 1. The van der Waals surface area contributed by atoms with Crippen molar-refractivity contribution in [3.05, 3.63) is 18.3 Å². The number of aromatic nitrogens is 4. The number of H-pyrrole nitrogens is 1. The lowest BCUT2D eigenvalue weighted by Gasteiger charge is -2.26. The van der Waals surface area contributed by atoms with Gasteiger partial charge in [-0.05, 0) is 25.9 Å². The number of hydrogen-bond donors (Lipinski definition) is 1. The fourth-order valence-corrected chi connectivity index (χ4v) is 2.45. The third-order valence-electron chi connectivity index (χ3n) is 3.42. The second kappa shape index (κ2) is 4.79. The van der Waals surface area contributed by atoms with Gasteiger partial charge >= 0.3 is 0 Å². The zero-order valence-electron chi connectivity index (χ0n) is 9.89. The summed E-state index contributed by atoms with van der Waals surface area (Å²) < 4.78 is 0. The lowest BCUT2D eigenvalue weighted by atomic mass is 10.1. The Morgan fingerprint density at radius 1 is 1.12 bits per heavy atom. The second-order valence-corrected chi connectivity index (χ2v) is 4.57. The van der Waals surface area contributed by atoms with Crippen LogP contribution in [0.3, 0.4) is 0 Å². The lowest BCUT2D eigenvalue weighted by Crippen LogP contribution is -2.31. The van der Waals surface area contributed by atoms with E-state index in [0.717, 1.165) is 29.8 Å². The lowest BCUT2D eigenvalue weighted by molar-refractivity contribution is 0.231. The third kappa shape index (κ3) is 2.29. The maximum atomic E-state index is 4.35. The van der Waals surface area contributed by atoms with Gasteiger partial charge in [-0.15, -0.1) is 0 Å². The summed E-state index contributed by atoms with van der Waals surface area (Å²) >= 11 is 0. The summed E-state index contributed by atoms with van der Waals surface area (Å²) in [7, 11) is 0. The molecule has 0 radical (unpaired) electrons. The number of hydrogen-bond acceptors (Lipinski definition) is 4. The topological polar surface area (TPSA) is 57.7 Å². The molecule has 3 rings (SSSR count). The van der Waals surface area contributed by atoms with Gasteiger partial charge in [0.15, 0.2) is 5.65 Å². The molecule has 1 N–H and O–H groups in total. The van der Waals surface area contributed by atoms with E-state index >= 15 is 0 Å². The maximum absolute atomic E-state index is 4.35. The van der Waals surface area contributed by atoms with Crippen molar-refractivity contribution in [3.8, 4) is 0 Å². The molecule has 1 fully saturated rings. The summed E-state index contributed by atoms with van der Waals surface area (Å²) in [6, 6.07) is 0. The molecule has 1 aliphatic heterocycles. The van der Waals surface area contributed by atoms with Gasteiger partial charge in [-0.25, -0.2) is 15.0 Å². The largest absolute Gasteiger partial charge is 0.342 e. The van der Waals surface area contributed by atoms with Crippen molar-refractivity contribution in [2.75, 3.05) is 19.6 Å². The Morgan fingerprint density at radius 2 is 2.00 bits per heavy atom. The summed E-state index contributed by atoms with van der Waals surface area (Å²) in [6.45, 7) is 3.56. The van der Waals surface area contributed by atoms with Gasteiger partial charge in [0, 0.05) is 13.0 Å². The number of rotatable bonds is 3. The molecule has 0 unspecified atom stereocenters. The molecule has 0 spiro atoms. The molecule has 0 saturated carbocycles. The van der Waals surface area contributed by atoms with Gasteiger partial charge in [-0.1, -0.05) is 6.42 Å². The molecular weight excluding hydrogens is 214 g/mol. The first-order valence-corrected chi connectivity index (χ1v) is 6.29. The number of likely N-dealkylation sites (tertiary alicyclic amines) is 1. The van der Waals surface area contributed by atoms with Gasteiger partial charge < -0.3 is 9.88 Å². The van der Waals surface area contributed by atoms with Crippen molar-refractivity contribution in [3.63, 3.8) is 0 Å².